The van der Waals surface area contributed by atoms with Crippen LogP contribution in [0.3, 0.4) is 0 Å². The van der Waals surface area contributed by atoms with Crippen molar-refractivity contribution in [1.29, 1.82) is 0 Å². The van der Waals surface area contributed by atoms with E-state index in [9.17, 15) is 9.59 Å². The summed E-state index contributed by atoms with van der Waals surface area (Å²) in [5.41, 5.74) is 5.92. The molecule has 0 atom stereocenters. The second kappa shape index (κ2) is 7.25. The average Bonchev–Trinajstić information content (AvgIpc) is 2.37. The van der Waals surface area contributed by atoms with Crippen molar-refractivity contribution in [2.45, 2.75) is 19.8 Å². The van der Waals surface area contributed by atoms with E-state index in [4.69, 9.17) is 15.6 Å². The number of carbonyl (C=O) groups excluding carboxylic acids is 1. The minimum Gasteiger partial charge on any atom is -0.482 e. The van der Waals surface area contributed by atoms with Gasteiger partial charge in [-0.1, -0.05) is 13.3 Å². The number of ether oxygens (including phenoxy) is 1. The minimum atomic E-state index is -1.06. The lowest BCUT2D eigenvalue weighted by molar-refractivity contribution is -0.123. The number of nitrogens with one attached hydrogen (secondary N) is 1. The Balaban J connectivity index is 2.49. The van der Waals surface area contributed by atoms with Crippen LogP contribution in [0.2, 0.25) is 0 Å². The minimum absolute atomic E-state index is 0.0808. The number of hydrogen-bond donors (Lipinski definition) is 3. The fraction of sp³-hybridized carbons (Fsp3) is 0.385. The van der Waals surface area contributed by atoms with Crippen LogP contribution in [0.15, 0.2) is 18.2 Å². The number of carbonyl (C=O) groups is 2. The Morgan fingerprint density at radius 1 is 1.42 bits per heavy atom. The maximum atomic E-state index is 11.4. The molecule has 1 rings (SSSR count). The highest BCUT2D eigenvalue weighted by molar-refractivity contribution is 5.89. The standard InChI is InChI=1S/C13H18N2O4/c1-2-3-6-15-12(16)8-19-11-5-4-9(13(17)18)7-10(11)14/h4-5,7H,2-3,6,8,14H2,1H3,(H,15,16)(H,17,18). The van der Waals surface area contributed by atoms with Gasteiger partial charge >= 0.3 is 5.97 Å². The molecule has 19 heavy (non-hydrogen) atoms. The van der Waals surface area contributed by atoms with Crippen LogP contribution in [0, 0.1) is 0 Å². The van der Waals surface area contributed by atoms with Crippen molar-refractivity contribution in [2.24, 2.45) is 0 Å². The lowest BCUT2D eigenvalue weighted by Crippen LogP contribution is -2.29. The smallest absolute Gasteiger partial charge is 0.335 e. The quantitative estimate of drug-likeness (QED) is 0.509. The van der Waals surface area contributed by atoms with Crippen molar-refractivity contribution in [3.8, 4) is 5.75 Å². The van der Waals surface area contributed by atoms with E-state index >= 15 is 0 Å². The molecule has 0 aliphatic carbocycles. The Morgan fingerprint density at radius 2 is 2.16 bits per heavy atom. The van der Waals surface area contributed by atoms with E-state index < -0.39 is 5.97 Å². The third kappa shape index (κ3) is 4.87. The number of aromatic carboxylic acids is 1. The molecule has 0 spiro atoms. The molecule has 0 aliphatic heterocycles. The first-order chi connectivity index (χ1) is 9.04. The fourth-order valence-corrected chi connectivity index (χ4v) is 1.41. The van der Waals surface area contributed by atoms with Gasteiger partial charge in [0.2, 0.25) is 0 Å². The molecule has 0 heterocycles. The molecule has 0 saturated carbocycles. The molecule has 6 nitrogen and oxygen atoms in total. The highest BCUT2D eigenvalue weighted by atomic mass is 16.5. The van der Waals surface area contributed by atoms with Gasteiger partial charge in [0.1, 0.15) is 5.75 Å². The lowest BCUT2D eigenvalue weighted by atomic mass is 10.2. The van der Waals surface area contributed by atoms with Gasteiger partial charge in [-0.25, -0.2) is 4.79 Å². The molecular formula is C13H18N2O4. The van der Waals surface area contributed by atoms with Crippen LogP contribution < -0.4 is 15.8 Å². The third-order valence-corrected chi connectivity index (χ3v) is 2.47. The highest BCUT2D eigenvalue weighted by Crippen LogP contribution is 2.22. The van der Waals surface area contributed by atoms with Crippen molar-refractivity contribution in [1.82, 2.24) is 5.32 Å². The zero-order chi connectivity index (χ0) is 14.3. The second-order valence-corrected chi connectivity index (χ2v) is 4.05. The van der Waals surface area contributed by atoms with E-state index in [1.54, 1.807) is 0 Å². The molecule has 0 saturated heterocycles. The van der Waals surface area contributed by atoms with Gasteiger partial charge in [0, 0.05) is 6.54 Å². The number of anilines is 1. The monoisotopic (exact) mass is 266 g/mol. The van der Waals surface area contributed by atoms with Gasteiger partial charge in [-0.05, 0) is 24.6 Å². The van der Waals surface area contributed by atoms with Crippen LogP contribution in [0.4, 0.5) is 5.69 Å². The molecule has 6 heteroatoms. The molecule has 0 unspecified atom stereocenters. The van der Waals surface area contributed by atoms with Gasteiger partial charge in [0.15, 0.2) is 6.61 Å². The Morgan fingerprint density at radius 3 is 2.74 bits per heavy atom. The van der Waals surface area contributed by atoms with Crippen molar-refractivity contribution in [2.75, 3.05) is 18.9 Å². The topological polar surface area (TPSA) is 102 Å². The van der Waals surface area contributed by atoms with E-state index in [1.807, 2.05) is 6.92 Å². The summed E-state index contributed by atoms with van der Waals surface area (Å²) in [6, 6.07) is 4.12. The Labute approximate surface area is 111 Å². The first-order valence-corrected chi connectivity index (χ1v) is 6.07. The summed E-state index contributed by atoms with van der Waals surface area (Å²) in [4.78, 5) is 22.1. The number of carboxylic acid groups (broad SMARTS) is 1. The molecule has 1 aromatic carbocycles. The molecule has 1 amide bonds. The second-order valence-electron chi connectivity index (χ2n) is 4.05. The Kier molecular flexibility index (Phi) is 5.66. The number of benzene rings is 1. The van der Waals surface area contributed by atoms with Gasteiger partial charge in [-0.2, -0.15) is 0 Å². The highest BCUT2D eigenvalue weighted by Gasteiger charge is 2.08. The van der Waals surface area contributed by atoms with Crippen LogP contribution in [-0.2, 0) is 4.79 Å². The van der Waals surface area contributed by atoms with Crippen LogP contribution in [0.5, 0.6) is 5.75 Å². The van der Waals surface area contributed by atoms with E-state index in [2.05, 4.69) is 5.32 Å². The molecular weight excluding hydrogens is 248 g/mol. The number of rotatable bonds is 7. The molecule has 4 N–H and O–H groups in total. The molecule has 0 radical (unpaired) electrons. The van der Waals surface area contributed by atoms with Gasteiger partial charge in [0.25, 0.3) is 5.91 Å². The number of nitrogen functional groups attached to an aromatic ring is 1. The van der Waals surface area contributed by atoms with Gasteiger partial charge in [-0.3, -0.25) is 4.79 Å². The number of nitrogens with two attached hydrogens (primary N) is 1. The molecule has 0 bridgehead atoms. The normalized spacial score (nSPS) is 9.95. The SMILES string of the molecule is CCCCNC(=O)COc1ccc(C(=O)O)cc1N. The fourth-order valence-electron chi connectivity index (χ4n) is 1.41. The van der Waals surface area contributed by atoms with Gasteiger partial charge < -0.3 is 20.9 Å². The first kappa shape index (κ1) is 14.8. The summed E-state index contributed by atoms with van der Waals surface area (Å²) in [5, 5.41) is 11.5. The first-order valence-electron chi connectivity index (χ1n) is 6.07. The molecule has 1 aromatic rings. The molecule has 104 valence electrons. The van der Waals surface area contributed by atoms with Crippen LogP contribution in [-0.4, -0.2) is 30.1 Å². The third-order valence-electron chi connectivity index (χ3n) is 2.47. The Bertz CT molecular complexity index is 460. The maximum absolute atomic E-state index is 11.4. The number of amides is 1. The summed E-state index contributed by atoms with van der Waals surface area (Å²) in [7, 11) is 0. The van der Waals surface area contributed by atoms with E-state index in [0.717, 1.165) is 12.8 Å². The zero-order valence-corrected chi connectivity index (χ0v) is 10.8. The van der Waals surface area contributed by atoms with Crippen molar-refractivity contribution >= 4 is 17.6 Å². The molecule has 0 aliphatic rings. The van der Waals surface area contributed by atoms with E-state index in [0.29, 0.717) is 12.3 Å². The van der Waals surface area contributed by atoms with Crippen molar-refractivity contribution in [3.63, 3.8) is 0 Å². The molecule has 0 aromatic heterocycles. The van der Waals surface area contributed by atoms with Gasteiger partial charge in [-0.15, -0.1) is 0 Å². The number of carboxylic acids is 1. The predicted molar refractivity (Wildman–Crippen MR) is 71.2 cm³/mol. The van der Waals surface area contributed by atoms with E-state index in [-0.39, 0.29) is 23.8 Å². The van der Waals surface area contributed by atoms with Gasteiger partial charge in [0.05, 0.1) is 11.3 Å². The van der Waals surface area contributed by atoms with E-state index in [1.165, 1.54) is 18.2 Å². The number of unbranched alkanes of at least 4 members (excludes halogenated alkanes) is 1. The molecule has 0 fully saturated rings. The largest absolute Gasteiger partial charge is 0.482 e. The summed E-state index contributed by atoms with van der Waals surface area (Å²) < 4.78 is 5.23. The predicted octanol–water partition coefficient (Wildman–Crippen LogP) is 1.26. The Hall–Kier alpha value is -2.24. The van der Waals surface area contributed by atoms with Crippen LogP contribution in [0.25, 0.3) is 0 Å². The van der Waals surface area contributed by atoms with Crippen LogP contribution >= 0.6 is 0 Å². The van der Waals surface area contributed by atoms with Crippen LogP contribution in [0.1, 0.15) is 30.1 Å². The van der Waals surface area contributed by atoms with Crippen molar-refractivity contribution in [3.05, 3.63) is 23.8 Å². The summed E-state index contributed by atoms with van der Waals surface area (Å²) in [5.74, 6) is -0.985. The summed E-state index contributed by atoms with van der Waals surface area (Å²) >= 11 is 0. The summed E-state index contributed by atoms with van der Waals surface area (Å²) in [6.07, 6.45) is 1.92. The zero-order valence-electron chi connectivity index (χ0n) is 10.8. The van der Waals surface area contributed by atoms with Crippen molar-refractivity contribution < 1.29 is 19.4 Å². The maximum Gasteiger partial charge on any atom is 0.335 e. The summed E-state index contributed by atoms with van der Waals surface area (Å²) in [6.45, 7) is 2.51. The lowest BCUT2D eigenvalue weighted by Gasteiger charge is -2.09. The number of hydrogen-bond acceptors (Lipinski definition) is 4. The average molecular weight is 266 g/mol.